The molecule has 8 nitrogen and oxygen atoms in total. The molecule has 1 fully saturated rings. The molecular formula is C25H21N3O5. The van der Waals surface area contributed by atoms with E-state index in [0.29, 0.717) is 11.3 Å². The molecular weight excluding hydrogens is 422 g/mol. The zero-order valence-corrected chi connectivity index (χ0v) is 17.9. The van der Waals surface area contributed by atoms with E-state index in [4.69, 9.17) is 4.74 Å². The molecule has 1 aliphatic heterocycles. The number of nitro groups is 1. The standard InChI is InChI=1S/C25H21N3O5/c1-17-4-2-5-19(12-17)15-27-24(29)23(26-25(27)30)14-18-8-10-22(11-9-18)33-16-20-6-3-7-21(13-20)28(31)32/h2-14H,15-16H2,1H3,(H,26,30)/b23-14+. The minimum Gasteiger partial charge on any atom is -0.489 e. The van der Waals surface area contributed by atoms with Gasteiger partial charge in [-0.15, -0.1) is 0 Å². The SMILES string of the molecule is Cc1cccc(CN2C(=O)N/C(=C/c3ccc(OCc4cccc([N+](=O)[O-])c4)cc3)C2=O)c1. The van der Waals surface area contributed by atoms with Crippen LogP contribution in [-0.2, 0) is 17.9 Å². The van der Waals surface area contributed by atoms with Crippen LogP contribution in [-0.4, -0.2) is 21.8 Å². The van der Waals surface area contributed by atoms with Crippen molar-refractivity contribution in [1.29, 1.82) is 0 Å². The van der Waals surface area contributed by atoms with Gasteiger partial charge in [-0.2, -0.15) is 0 Å². The molecule has 0 spiro atoms. The minimum atomic E-state index is -0.454. The summed E-state index contributed by atoms with van der Waals surface area (Å²) in [5, 5.41) is 13.5. The fraction of sp³-hybridized carbons (Fsp3) is 0.120. The van der Waals surface area contributed by atoms with Gasteiger partial charge in [0.25, 0.3) is 11.6 Å². The monoisotopic (exact) mass is 443 g/mol. The third-order valence-electron chi connectivity index (χ3n) is 5.10. The lowest BCUT2D eigenvalue weighted by atomic mass is 10.1. The van der Waals surface area contributed by atoms with Crippen LogP contribution in [0.2, 0.25) is 0 Å². The summed E-state index contributed by atoms with van der Waals surface area (Å²) in [7, 11) is 0. The molecule has 4 rings (SSSR count). The number of nitrogens with one attached hydrogen (secondary N) is 1. The van der Waals surface area contributed by atoms with E-state index in [2.05, 4.69) is 5.32 Å². The lowest BCUT2D eigenvalue weighted by Crippen LogP contribution is -2.30. The number of amides is 3. The first-order valence-corrected chi connectivity index (χ1v) is 10.3. The van der Waals surface area contributed by atoms with Crippen LogP contribution in [0.5, 0.6) is 5.75 Å². The summed E-state index contributed by atoms with van der Waals surface area (Å²) in [6, 6.07) is 20.5. The van der Waals surface area contributed by atoms with Crippen molar-refractivity contribution < 1.29 is 19.2 Å². The van der Waals surface area contributed by atoms with Gasteiger partial charge >= 0.3 is 6.03 Å². The van der Waals surface area contributed by atoms with Crippen molar-refractivity contribution in [1.82, 2.24) is 10.2 Å². The Morgan fingerprint density at radius 2 is 1.73 bits per heavy atom. The quantitative estimate of drug-likeness (QED) is 0.249. The lowest BCUT2D eigenvalue weighted by molar-refractivity contribution is -0.384. The molecule has 1 saturated heterocycles. The Kier molecular flexibility index (Phi) is 6.17. The summed E-state index contributed by atoms with van der Waals surface area (Å²) in [5.74, 6) is 0.194. The van der Waals surface area contributed by atoms with Crippen molar-refractivity contribution in [3.05, 3.63) is 111 Å². The van der Waals surface area contributed by atoms with Gasteiger partial charge < -0.3 is 10.1 Å². The maximum atomic E-state index is 12.7. The normalized spacial score (nSPS) is 14.5. The largest absolute Gasteiger partial charge is 0.489 e. The molecule has 0 aliphatic carbocycles. The van der Waals surface area contributed by atoms with Gasteiger partial charge in [0, 0.05) is 12.1 Å². The fourth-order valence-electron chi connectivity index (χ4n) is 3.46. The van der Waals surface area contributed by atoms with Gasteiger partial charge in [0.15, 0.2) is 0 Å². The second-order valence-corrected chi connectivity index (χ2v) is 7.65. The van der Waals surface area contributed by atoms with Crippen LogP contribution in [0.4, 0.5) is 10.5 Å². The first-order valence-electron chi connectivity index (χ1n) is 10.3. The molecule has 166 valence electrons. The molecule has 0 atom stereocenters. The van der Waals surface area contributed by atoms with Gasteiger partial charge in [0.05, 0.1) is 11.5 Å². The molecule has 1 N–H and O–H groups in total. The van der Waals surface area contributed by atoms with Crippen LogP contribution < -0.4 is 10.1 Å². The van der Waals surface area contributed by atoms with Gasteiger partial charge in [-0.05, 0) is 41.8 Å². The predicted octanol–water partition coefficient (Wildman–Crippen LogP) is 4.58. The van der Waals surface area contributed by atoms with Gasteiger partial charge in [-0.3, -0.25) is 19.8 Å². The number of carbonyl (C=O) groups is 2. The Bertz CT molecular complexity index is 1250. The lowest BCUT2D eigenvalue weighted by Gasteiger charge is -2.12. The summed E-state index contributed by atoms with van der Waals surface area (Å²) in [4.78, 5) is 36.6. The molecule has 3 aromatic rings. The average Bonchev–Trinajstić information content (AvgIpc) is 3.06. The molecule has 0 unspecified atom stereocenters. The number of rotatable bonds is 7. The summed E-state index contributed by atoms with van der Waals surface area (Å²) in [5.41, 5.74) is 3.56. The maximum absolute atomic E-state index is 12.7. The number of aryl methyl sites for hydroxylation is 1. The zero-order valence-electron chi connectivity index (χ0n) is 17.9. The number of hydrogen-bond acceptors (Lipinski definition) is 5. The second-order valence-electron chi connectivity index (χ2n) is 7.65. The van der Waals surface area contributed by atoms with Crippen molar-refractivity contribution in [3.8, 4) is 5.75 Å². The Hall–Kier alpha value is -4.46. The van der Waals surface area contributed by atoms with Crippen molar-refractivity contribution in [2.45, 2.75) is 20.1 Å². The highest BCUT2D eigenvalue weighted by Gasteiger charge is 2.33. The third-order valence-corrected chi connectivity index (χ3v) is 5.10. The number of nitrogens with zero attached hydrogens (tertiary/aromatic N) is 2. The highest BCUT2D eigenvalue weighted by atomic mass is 16.6. The van der Waals surface area contributed by atoms with Crippen LogP contribution >= 0.6 is 0 Å². The predicted molar refractivity (Wildman–Crippen MR) is 122 cm³/mol. The number of carbonyl (C=O) groups excluding carboxylic acids is 2. The summed E-state index contributed by atoms with van der Waals surface area (Å²) in [6.07, 6.45) is 1.61. The van der Waals surface area contributed by atoms with E-state index in [0.717, 1.165) is 16.7 Å². The summed E-state index contributed by atoms with van der Waals surface area (Å²) < 4.78 is 5.69. The molecule has 0 radical (unpaired) electrons. The summed E-state index contributed by atoms with van der Waals surface area (Å²) in [6.45, 7) is 2.34. The Morgan fingerprint density at radius 3 is 2.45 bits per heavy atom. The van der Waals surface area contributed by atoms with Crippen molar-refractivity contribution in [2.24, 2.45) is 0 Å². The fourth-order valence-corrected chi connectivity index (χ4v) is 3.46. The molecule has 1 heterocycles. The van der Waals surface area contributed by atoms with Crippen LogP contribution in [0, 0.1) is 17.0 Å². The van der Waals surface area contributed by atoms with Crippen LogP contribution in [0.15, 0.2) is 78.5 Å². The molecule has 0 aromatic heterocycles. The number of nitro benzene ring substituents is 1. The van der Waals surface area contributed by atoms with E-state index >= 15 is 0 Å². The molecule has 0 bridgehead atoms. The molecule has 33 heavy (non-hydrogen) atoms. The van der Waals surface area contributed by atoms with E-state index in [1.165, 1.54) is 17.0 Å². The highest BCUT2D eigenvalue weighted by molar-refractivity contribution is 6.13. The number of non-ortho nitro benzene ring substituents is 1. The van der Waals surface area contributed by atoms with Gasteiger partial charge in [-0.25, -0.2) is 4.79 Å². The van der Waals surface area contributed by atoms with Gasteiger partial charge in [0.1, 0.15) is 18.1 Å². The first kappa shape index (κ1) is 21.8. The van der Waals surface area contributed by atoms with Crippen LogP contribution in [0.1, 0.15) is 22.3 Å². The minimum absolute atomic E-state index is 0.0118. The average molecular weight is 443 g/mol. The molecule has 0 saturated carbocycles. The Labute approximate surface area is 190 Å². The van der Waals surface area contributed by atoms with Crippen LogP contribution in [0.3, 0.4) is 0 Å². The number of imide groups is 1. The van der Waals surface area contributed by atoms with Crippen LogP contribution in [0.25, 0.3) is 6.08 Å². The molecule has 1 aliphatic rings. The Morgan fingerprint density at radius 1 is 1.00 bits per heavy atom. The topological polar surface area (TPSA) is 102 Å². The van der Waals surface area contributed by atoms with E-state index in [-0.39, 0.29) is 30.4 Å². The number of ether oxygens (including phenoxy) is 1. The molecule has 8 heteroatoms. The Balaban J connectivity index is 1.40. The van der Waals surface area contributed by atoms with Gasteiger partial charge in [0.2, 0.25) is 0 Å². The number of benzene rings is 3. The molecule has 3 amide bonds. The van der Waals surface area contributed by atoms with E-state index in [9.17, 15) is 19.7 Å². The molecule has 3 aromatic carbocycles. The van der Waals surface area contributed by atoms with E-state index in [1.807, 2.05) is 31.2 Å². The first-order chi connectivity index (χ1) is 15.9. The van der Waals surface area contributed by atoms with Crippen molar-refractivity contribution in [3.63, 3.8) is 0 Å². The zero-order chi connectivity index (χ0) is 23.4. The summed E-state index contributed by atoms with van der Waals surface area (Å²) >= 11 is 0. The van der Waals surface area contributed by atoms with E-state index < -0.39 is 11.0 Å². The van der Waals surface area contributed by atoms with Crippen molar-refractivity contribution >= 4 is 23.7 Å². The maximum Gasteiger partial charge on any atom is 0.329 e. The smallest absolute Gasteiger partial charge is 0.329 e. The highest BCUT2D eigenvalue weighted by Crippen LogP contribution is 2.20. The number of urea groups is 1. The van der Waals surface area contributed by atoms with Gasteiger partial charge in [-0.1, -0.05) is 54.1 Å². The number of hydrogen-bond donors (Lipinski definition) is 1. The third kappa shape index (κ3) is 5.24. The second kappa shape index (κ2) is 9.35. The van der Waals surface area contributed by atoms with Crippen molar-refractivity contribution in [2.75, 3.05) is 0 Å². The van der Waals surface area contributed by atoms with E-state index in [1.54, 1.807) is 42.5 Å².